The Morgan fingerprint density at radius 2 is 1.86 bits per heavy atom. The fraction of sp³-hybridized carbons (Fsp3) is 0.444. The molecule has 0 spiro atoms. The Kier molecular flexibility index (Phi) is 5.75. The first-order valence-electron chi connectivity index (χ1n) is 7.97. The van der Waals surface area contributed by atoms with Crippen LogP contribution in [0.3, 0.4) is 0 Å². The van der Waals surface area contributed by atoms with E-state index in [2.05, 4.69) is 65.2 Å². The zero-order valence-corrected chi connectivity index (χ0v) is 14.0. The predicted molar refractivity (Wildman–Crippen MR) is 93.3 cm³/mol. The Morgan fingerprint density at radius 1 is 1.14 bits per heavy atom. The molecule has 2 aromatic rings. The molecule has 1 aromatic heterocycles. The van der Waals surface area contributed by atoms with Gasteiger partial charge >= 0.3 is 0 Å². The number of aromatic nitrogens is 2. The lowest BCUT2D eigenvalue weighted by Crippen LogP contribution is -2.24. The highest BCUT2D eigenvalue weighted by atomic mass is 15.2. The maximum absolute atomic E-state index is 4.68. The van der Waals surface area contributed by atoms with E-state index in [9.17, 15) is 0 Å². The first-order chi connectivity index (χ1) is 10.6. The van der Waals surface area contributed by atoms with Crippen molar-refractivity contribution in [1.29, 1.82) is 0 Å². The molecule has 0 bridgehead atoms. The average Bonchev–Trinajstić information content (AvgIpc) is 2.51. The van der Waals surface area contributed by atoms with Crippen LogP contribution in [-0.4, -0.2) is 23.1 Å². The summed E-state index contributed by atoms with van der Waals surface area (Å²) in [5, 5.41) is 3.32. The normalized spacial score (nSPS) is 10.8. The monoisotopic (exact) mass is 298 g/mol. The number of hydrogen-bond donors (Lipinski definition) is 1. The lowest BCUT2D eigenvalue weighted by atomic mass is 10.2. The van der Waals surface area contributed by atoms with Crippen molar-refractivity contribution >= 4 is 11.8 Å². The van der Waals surface area contributed by atoms with E-state index < -0.39 is 0 Å². The molecule has 0 fully saturated rings. The van der Waals surface area contributed by atoms with Crippen molar-refractivity contribution in [1.82, 2.24) is 9.97 Å². The van der Waals surface area contributed by atoms with Crippen molar-refractivity contribution in [2.75, 3.05) is 23.3 Å². The van der Waals surface area contributed by atoms with Crippen LogP contribution >= 0.6 is 0 Å². The summed E-state index contributed by atoms with van der Waals surface area (Å²) in [6.07, 6.45) is 0. The fourth-order valence-electron chi connectivity index (χ4n) is 2.25. The summed E-state index contributed by atoms with van der Waals surface area (Å²) in [6.45, 7) is 11.2. The molecule has 0 saturated heterocycles. The molecule has 0 aliphatic heterocycles. The SMILES string of the molecule is CCN(Cc1ccccc1)c1cc(C)nc(NCC(C)C)n1. The Labute approximate surface area is 133 Å². The summed E-state index contributed by atoms with van der Waals surface area (Å²) >= 11 is 0. The van der Waals surface area contributed by atoms with Gasteiger partial charge in [-0.15, -0.1) is 0 Å². The zero-order valence-electron chi connectivity index (χ0n) is 14.0. The van der Waals surface area contributed by atoms with E-state index in [-0.39, 0.29) is 0 Å². The van der Waals surface area contributed by atoms with Crippen LogP contribution in [-0.2, 0) is 6.54 Å². The van der Waals surface area contributed by atoms with Gasteiger partial charge < -0.3 is 10.2 Å². The van der Waals surface area contributed by atoms with E-state index >= 15 is 0 Å². The van der Waals surface area contributed by atoms with E-state index in [4.69, 9.17) is 0 Å². The van der Waals surface area contributed by atoms with Gasteiger partial charge in [0.2, 0.25) is 5.95 Å². The van der Waals surface area contributed by atoms with Gasteiger partial charge in [-0.1, -0.05) is 44.2 Å². The van der Waals surface area contributed by atoms with Crippen LogP contribution < -0.4 is 10.2 Å². The fourth-order valence-corrected chi connectivity index (χ4v) is 2.25. The van der Waals surface area contributed by atoms with Crippen molar-refractivity contribution in [3.8, 4) is 0 Å². The molecular formula is C18H26N4. The minimum atomic E-state index is 0.569. The number of aryl methyl sites for hydroxylation is 1. The second kappa shape index (κ2) is 7.78. The largest absolute Gasteiger partial charge is 0.354 e. The molecule has 22 heavy (non-hydrogen) atoms. The van der Waals surface area contributed by atoms with Crippen molar-refractivity contribution < 1.29 is 0 Å². The summed E-state index contributed by atoms with van der Waals surface area (Å²) in [5.74, 6) is 2.26. The summed E-state index contributed by atoms with van der Waals surface area (Å²) in [4.78, 5) is 11.4. The third kappa shape index (κ3) is 4.72. The topological polar surface area (TPSA) is 41.1 Å². The number of hydrogen-bond acceptors (Lipinski definition) is 4. The number of anilines is 2. The van der Waals surface area contributed by atoms with Crippen LogP contribution in [0.4, 0.5) is 11.8 Å². The Bertz CT molecular complexity index is 581. The van der Waals surface area contributed by atoms with Gasteiger partial charge in [-0.05, 0) is 25.3 Å². The molecule has 0 amide bonds. The quantitative estimate of drug-likeness (QED) is 0.842. The molecule has 2 rings (SSSR count). The zero-order chi connectivity index (χ0) is 15.9. The van der Waals surface area contributed by atoms with Gasteiger partial charge in [-0.3, -0.25) is 0 Å². The Balaban J connectivity index is 2.17. The first kappa shape index (κ1) is 16.3. The summed E-state index contributed by atoms with van der Waals surface area (Å²) in [5.41, 5.74) is 2.28. The van der Waals surface area contributed by atoms with Gasteiger partial charge in [0.25, 0.3) is 0 Å². The molecular weight excluding hydrogens is 272 g/mol. The highest BCUT2D eigenvalue weighted by Gasteiger charge is 2.10. The molecule has 0 unspecified atom stereocenters. The molecule has 0 aliphatic rings. The van der Waals surface area contributed by atoms with E-state index in [0.717, 1.165) is 37.1 Å². The van der Waals surface area contributed by atoms with Gasteiger partial charge in [-0.2, -0.15) is 4.98 Å². The first-order valence-corrected chi connectivity index (χ1v) is 7.97. The van der Waals surface area contributed by atoms with Crippen LogP contribution in [0.1, 0.15) is 32.0 Å². The smallest absolute Gasteiger partial charge is 0.224 e. The second-order valence-electron chi connectivity index (χ2n) is 5.97. The van der Waals surface area contributed by atoms with Crippen molar-refractivity contribution in [2.24, 2.45) is 5.92 Å². The summed E-state index contributed by atoms with van der Waals surface area (Å²) in [7, 11) is 0. The van der Waals surface area contributed by atoms with Gasteiger partial charge in [0.15, 0.2) is 0 Å². The molecule has 1 heterocycles. The van der Waals surface area contributed by atoms with E-state index in [1.54, 1.807) is 0 Å². The van der Waals surface area contributed by atoms with E-state index in [1.165, 1.54) is 5.56 Å². The van der Waals surface area contributed by atoms with Crippen molar-refractivity contribution in [2.45, 2.75) is 34.2 Å². The molecule has 0 radical (unpaired) electrons. The maximum atomic E-state index is 4.68. The average molecular weight is 298 g/mol. The van der Waals surface area contributed by atoms with Gasteiger partial charge in [0.1, 0.15) is 5.82 Å². The van der Waals surface area contributed by atoms with Gasteiger partial charge in [0.05, 0.1) is 0 Å². The van der Waals surface area contributed by atoms with Crippen LogP contribution in [0.25, 0.3) is 0 Å². The number of nitrogens with one attached hydrogen (secondary N) is 1. The van der Waals surface area contributed by atoms with Crippen LogP contribution in [0.5, 0.6) is 0 Å². The maximum Gasteiger partial charge on any atom is 0.224 e. The van der Waals surface area contributed by atoms with Gasteiger partial charge in [0, 0.05) is 31.4 Å². The van der Waals surface area contributed by atoms with Crippen LogP contribution in [0.15, 0.2) is 36.4 Å². The number of nitrogens with zero attached hydrogens (tertiary/aromatic N) is 3. The molecule has 0 atom stereocenters. The van der Waals surface area contributed by atoms with Crippen molar-refractivity contribution in [3.05, 3.63) is 47.7 Å². The van der Waals surface area contributed by atoms with Crippen molar-refractivity contribution in [3.63, 3.8) is 0 Å². The second-order valence-corrected chi connectivity index (χ2v) is 5.97. The molecule has 4 nitrogen and oxygen atoms in total. The number of benzene rings is 1. The summed E-state index contributed by atoms with van der Waals surface area (Å²) in [6, 6.07) is 12.5. The molecule has 1 N–H and O–H groups in total. The van der Waals surface area contributed by atoms with E-state index in [1.807, 2.05) is 19.1 Å². The van der Waals surface area contributed by atoms with Crippen LogP contribution in [0.2, 0.25) is 0 Å². The lowest BCUT2D eigenvalue weighted by Gasteiger charge is -2.23. The lowest BCUT2D eigenvalue weighted by molar-refractivity contribution is 0.683. The minimum absolute atomic E-state index is 0.569. The summed E-state index contributed by atoms with van der Waals surface area (Å²) < 4.78 is 0. The molecule has 118 valence electrons. The highest BCUT2D eigenvalue weighted by molar-refractivity contribution is 5.45. The minimum Gasteiger partial charge on any atom is -0.354 e. The van der Waals surface area contributed by atoms with Crippen LogP contribution in [0, 0.1) is 12.8 Å². The Morgan fingerprint density at radius 3 is 2.50 bits per heavy atom. The van der Waals surface area contributed by atoms with E-state index in [0.29, 0.717) is 5.92 Å². The predicted octanol–water partition coefficient (Wildman–Crippen LogP) is 3.88. The molecule has 0 saturated carbocycles. The molecule has 4 heteroatoms. The third-order valence-electron chi connectivity index (χ3n) is 3.43. The third-order valence-corrected chi connectivity index (χ3v) is 3.43. The number of rotatable bonds is 7. The Hall–Kier alpha value is -2.10. The van der Waals surface area contributed by atoms with Gasteiger partial charge in [-0.25, -0.2) is 4.98 Å². The highest BCUT2D eigenvalue weighted by Crippen LogP contribution is 2.17. The molecule has 0 aliphatic carbocycles. The standard InChI is InChI=1S/C18H26N4/c1-5-22(13-16-9-7-6-8-10-16)17-11-15(4)20-18(21-17)19-12-14(2)3/h6-11,14H,5,12-13H2,1-4H3,(H,19,20,21). The molecule has 1 aromatic carbocycles.